The van der Waals surface area contributed by atoms with Gasteiger partial charge in [0, 0.05) is 26.6 Å². The molecular weight excluding hydrogens is 317 g/mol. The molecule has 0 aliphatic carbocycles. The first-order valence-electron chi connectivity index (χ1n) is 6.39. The van der Waals surface area contributed by atoms with Crippen molar-refractivity contribution in [2.24, 2.45) is 0 Å². The van der Waals surface area contributed by atoms with E-state index in [1.54, 1.807) is 18.2 Å². The summed E-state index contributed by atoms with van der Waals surface area (Å²) in [7, 11) is 1.48. The highest BCUT2D eigenvalue weighted by molar-refractivity contribution is 6.42. The Bertz CT molecular complexity index is 508. The third-order valence-corrected chi connectivity index (χ3v) is 3.61. The quantitative estimate of drug-likeness (QED) is 0.766. The molecule has 21 heavy (non-hydrogen) atoms. The normalized spacial score (nSPS) is 12.0. The minimum Gasteiger partial charge on any atom is -0.480 e. The summed E-state index contributed by atoms with van der Waals surface area (Å²) in [6.07, 6.45) is 0.860. The van der Waals surface area contributed by atoms with E-state index in [4.69, 9.17) is 33.0 Å². The molecule has 0 heterocycles. The summed E-state index contributed by atoms with van der Waals surface area (Å²) in [4.78, 5) is 22.8. The molecule has 0 aromatic heterocycles. The van der Waals surface area contributed by atoms with Gasteiger partial charge in [-0.25, -0.2) is 4.79 Å². The average Bonchev–Trinajstić information content (AvgIpc) is 2.44. The van der Waals surface area contributed by atoms with Crippen molar-refractivity contribution in [1.82, 2.24) is 5.32 Å². The molecule has 0 saturated heterocycles. The number of nitrogens with one attached hydrogen (secondary N) is 1. The maximum Gasteiger partial charge on any atom is 0.326 e. The van der Waals surface area contributed by atoms with E-state index >= 15 is 0 Å². The number of aliphatic carboxylic acids is 1. The van der Waals surface area contributed by atoms with Gasteiger partial charge in [0.05, 0.1) is 10.0 Å². The number of hydrogen-bond acceptors (Lipinski definition) is 3. The van der Waals surface area contributed by atoms with Crippen molar-refractivity contribution in [3.05, 3.63) is 33.8 Å². The standard InChI is InChI=1S/C14H17Cl2NO4/c1-21-7-6-12(14(19)20)17-13(18)5-3-9-2-4-10(15)11(16)8-9/h2,4,8,12H,3,5-7H2,1H3,(H,17,18)(H,19,20). The Morgan fingerprint density at radius 1 is 1.33 bits per heavy atom. The van der Waals surface area contributed by atoms with Crippen LogP contribution in [0.15, 0.2) is 18.2 Å². The number of ether oxygens (including phenoxy) is 1. The highest BCUT2D eigenvalue weighted by Crippen LogP contribution is 2.23. The number of carbonyl (C=O) groups is 2. The summed E-state index contributed by atoms with van der Waals surface area (Å²) in [5.74, 6) is -1.40. The van der Waals surface area contributed by atoms with E-state index in [0.717, 1.165) is 5.56 Å². The number of aryl methyl sites for hydroxylation is 1. The van der Waals surface area contributed by atoms with Crippen molar-refractivity contribution < 1.29 is 19.4 Å². The Labute approximate surface area is 133 Å². The van der Waals surface area contributed by atoms with Crippen LogP contribution in [0, 0.1) is 0 Å². The fourth-order valence-corrected chi connectivity index (χ4v) is 2.03. The summed E-state index contributed by atoms with van der Waals surface area (Å²) < 4.78 is 4.82. The van der Waals surface area contributed by atoms with Crippen LogP contribution in [0.4, 0.5) is 0 Å². The van der Waals surface area contributed by atoms with Gasteiger partial charge >= 0.3 is 5.97 Å². The highest BCUT2D eigenvalue weighted by Gasteiger charge is 2.19. The third-order valence-electron chi connectivity index (χ3n) is 2.87. The Hall–Kier alpha value is -1.30. The molecule has 1 unspecified atom stereocenters. The van der Waals surface area contributed by atoms with E-state index in [2.05, 4.69) is 5.32 Å². The van der Waals surface area contributed by atoms with Crippen LogP contribution in [0.5, 0.6) is 0 Å². The lowest BCUT2D eigenvalue weighted by Gasteiger charge is -2.14. The summed E-state index contributed by atoms with van der Waals surface area (Å²) >= 11 is 11.7. The Balaban J connectivity index is 2.48. The number of carboxylic acid groups (broad SMARTS) is 1. The number of methoxy groups -OCH3 is 1. The summed E-state index contributed by atoms with van der Waals surface area (Å²) in [6, 6.07) is 4.19. The minimum atomic E-state index is -1.07. The molecule has 1 aromatic carbocycles. The molecule has 0 spiro atoms. The second-order valence-electron chi connectivity index (χ2n) is 4.49. The van der Waals surface area contributed by atoms with Crippen LogP contribution in [0.25, 0.3) is 0 Å². The van der Waals surface area contributed by atoms with Crippen molar-refractivity contribution in [2.45, 2.75) is 25.3 Å². The summed E-state index contributed by atoms with van der Waals surface area (Å²) in [5.41, 5.74) is 0.864. The van der Waals surface area contributed by atoms with Crippen LogP contribution in [-0.2, 0) is 20.7 Å². The molecule has 0 saturated carbocycles. The zero-order chi connectivity index (χ0) is 15.8. The van der Waals surface area contributed by atoms with E-state index in [9.17, 15) is 9.59 Å². The molecule has 0 aliphatic rings. The second kappa shape index (κ2) is 8.87. The lowest BCUT2D eigenvalue weighted by Crippen LogP contribution is -2.41. The zero-order valence-corrected chi connectivity index (χ0v) is 13.1. The molecule has 1 atom stereocenters. The smallest absolute Gasteiger partial charge is 0.326 e. The van der Waals surface area contributed by atoms with E-state index in [0.29, 0.717) is 16.5 Å². The predicted molar refractivity (Wildman–Crippen MR) is 80.8 cm³/mol. The Kier molecular flexibility index (Phi) is 7.50. The van der Waals surface area contributed by atoms with Gasteiger partial charge in [0.1, 0.15) is 6.04 Å². The molecule has 1 amide bonds. The molecular formula is C14H17Cl2NO4. The second-order valence-corrected chi connectivity index (χ2v) is 5.30. The molecule has 0 radical (unpaired) electrons. The van der Waals surface area contributed by atoms with Crippen LogP contribution < -0.4 is 5.32 Å². The van der Waals surface area contributed by atoms with Crippen molar-refractivity contribution in [3.63, 3.8) is 0 Å². The Morgan fingerprint density at radius 2 is 2.05 bits per heavy atom. The third kappa shape index (κ3) is 6.33. The number of hydrogen-bond donors (Lipinski definition) is 2. The molecule has 1 rings (SSSR count). The van der Waals surface area contributed by atoms with E-state index in [1.807, 2.05) is 0 Å². The van der Waals surface area contributed by atoms with Gasteiger partial charge in [-0.1, -0.05) is 29.3 Å². The van der Waals surface area contributed by atoms with Crippen molar-refractivity contribution >= 4 is 35.1 Å². The number of rotatable bonds is 8. The Morgan fingerprint density at radius 3 is 2.62 bits per heavy atom. The van der Waals surface area contributed by atoms with Crippen molar-refractivity contribution in [1.29, 1.82) is 0 Å². The first-order valence-corrected chi connectivity index (χ1v) is 7.14. The average molecular weight is 334 g/mol. The molecule has 0 bridgehead atoms. The number of amides is 1. The van der Waals surface area contributed by atoms with E-state index in [-0.39, 0.29) is 25.4 Å². The monoisotopic (exact) mass is 333 g/mol. The van der Waals surface area contributed by atoms with Gasteiger partial charge in [-0.3, -0.25) is 4.79 Å². The summed E-state index contributed by atoms with van der Waals surface area (Å²) in [5, 5.41) is 12.4. The lowest BCUT2D eigenvalue weighted by molar-refractivity contribution is -0.142. The SMILES string of the molecule is COCCC(NC(=O)CCc1ccc(Cl)c(Cl)c1)C(=O)O. The fraction of sp³-hybridized carbons (Fsp3) is 0.429. The number of halogens is 2. The van der Waals surface area contributed by atoms with Gasteiger partial charge in [-0.2, -0.15) is 0 Å². The maximum atomic E-state index is 11.8. The van der Waals surface area contributed by atoms with E-state index < -0.39 is 12.0 Å². The largest absolute Gasteiger partial charge is 0.480 e. The van der Waals surface area contributed by atoms with Crippen LogP contribution in [0.3, 0.4) is 0 Å². The first-order chi connectivity index (χ1) is 9.93. The topological polar surface area (TPSA) is 75.6 Å². The van der Waals surface area contributed by atoms with Crippen LogP contribution in [0.1, 0.15) is 18.4 Å². The van der Waals surface area contributed by atoms with Crippen molar-refractivity contribution in [2.75, 3.05) is 13.7 Å². The molecule has 5 nitrogen and oxygen atoms in total. The van der Waals surface area contributed by atoms with Gasteiger partial charge in [0.25, 0.3) is 0 Å². The van der Waals surface area contributed by atoms with Crippen molar-refractivity contribution in [3.8, 4) is 0 Å². The summed E-state index contributed by atoms with van der Waals surface area (Å²) in [6.45, 7) is 0.268. The van der Waals surface area contributed by atoms with Gasteiger partial charge in [-0.05, 0) is 24.1 Å². The molecule has 0 aliphatic heterocycles. The van der Waals surface area contributed by atoms with Gasteiger partial charge < -0.3 is 15.2 Å². The molecule has 2 N–H and O–H groups in total. The van der Waals surface area contributed by atoms with Crippen LogP contribution in [-0.4, -0.2) is 36.7 Å². The zero-order valence-electron chi connectivity index (χ0n) is 11.6. The maximum absolute atomic E-state index is 11.8. The number of benzene rings is 1. The van der Waals surface area contributed by atoms with Gasteiger partial charge in [0.15, 0.2) is 0 Å². The molecule has 116 valence electrons. The lowest BCUT2D eigenvalue weighted by atomic mass is 10.1. The fourth-order valence-electron chi connectivity index (χ4n) is 1.71. The van der Waals surface area contributed by atoms with E-state index in [1.165, 1.54) is 7.11 Å². The first kappa shape index (κ1) is 17.8. The minimum absolute atomic E-state index is 0.175. The molecule has 0 fully saturated rings. The number of carboxylic acids is 1. The van der Waals surface area contributed by atoms with Crippen LogP contribution in [0.2, 0.25) is 10.0 Å². The predicted octanol–water partition coefficient (Wildman–Crippen LogP) is 2.53. The number of carbonyl (C=O) groups excluding carboxylic acids is 1. The molecule has 1 aromatic rings. The highest BCUT2D eigenvalue weighted by atomic mass is 35.5. The van der Waals surface area contributed by atoms with Gasteiger partial charge in [0.2, 0.25) is 5.91 Å². The van der Waals surface area contributed by atoms with Crippen LogP contribution >= 0.6 is 23.2 Å². The van der Waals surface area contributed by atoms with Gasteiger partial charge in [-0.15, -0.1) is 0 Å². The molecule has 7 heteroatoms.